The summed E-state index contributed by atoms with van der Waals surface area (Å²) in [4.78, 5) is 14.1. The molecule has 156 valence electrons. The van der Waals surface area contributed by atoms with Crippen LogP contribution in [0, 0.1) is 0 Å². The van der Waals surface area contributed by atoms with E-state index in [0.717, 1.165) is 51.5 Å². The summed E-state index contributed by atoms with van der Waals surface area (Å²) in [6.07, 6.45) is 9.87. The molecule has 2 aliphatic rings. The zero-order valence-corrected chi connectivity index (χ0v) is 17.8. The van der Waals surface area contributed by atoms with Crippen LogP contribution in [0.3, 0.4) is 0 Å². The maximum atomic E-state index is 4.85. The Hall–Kier alpha value is -2.73. The van der Waals surface area contributed by atoms with Crippen LogP contribution in [-0.4, -0.2) is 50.8 Å². The second-order valence-corrected chi connectivity index (χ2v) is 8.48. The number of piperidine rings is 1. The van der Waals surface area contributed by atoms with Gasteiger partial charge in [0.1, 0.15) is 0 Å². The summed E-state index contributed by atoms with van der Waals surface area (Å²) in [6.45, 7) is 5.12. The van der Waals surface area contributed by atoms with E-state index in [-0.39, 0.29) is 0 Å². The quantitative estimate of drug-likeness (QED) is 0.669. The molecule has 5 rings (SSSR count). The molecule has 1 aromatic carbocycles. The van der Waals surface area contributed by atoms with Gasteiger partial charge in [-0.15, -0.1) is 0 Å². The minimum Gasteiger partial charge on any atom is -0.341 e. The van der Waals surface area contributed by atoms with Crippen LogP contribution in [-0.2, 0) is 26.4 Å². The molecule has 2 aromatic heterocycles. The molecule has 30 heavy (non-hydrogen) atoms. The topological polar surface area (TPSA) is 50.1 Å². The third-order valence-corrected chi connectivity index (χ3v) is 6.36. The summed E-state index contributed by atoms with van der Waals surface area (Å²) in [5.74, 6) is 0.888. The van der Waals surface area contributed by atoms with Gasteiger partial charge in [0.05, 0.1) is 11.4 Å². The molecular weight excluding hydrogens is 372 g/mol. The molecule has 4 heterocycles. The molecule has 0 unspecified atom stereocenters. The predicted molar refractivity (Wildman–Crippen MR) is 119 cm³/mol. The molecule has 0 atom stereocenters. The molecule has 3 aromatic rings. The van der Waals surface area contributed by atoms with E-state index in [1.165, 1.54) is 47.3 Å². The Morgan fingerprint density at radius 1 is 0.867 bits per heavy atom. The molecule has 0 radical (unpaired) electrons. The van der Waals surface area contributed by atoms with Gasteiger partial charge in [0.15, 0.2) is 0 Å². The van der Waals surface area contributed by atoms with Crippen molar-refractivity contribution in [2.45, 2.75) is 38.6 Å². The number of benzene rings is 1. The van der Waals surface area contributed by atoms with Gasteiger partial charge in [-0.1, -0.05) is 30.3 Å². The summed E-state index contributed by atoms with van der Waals surface area (Å²) in [6, 6.07) is 10.6. The van der Waals surface area contributed by atoms with Crippen molar-refractivity contribution in [1.29, 1.82) is 0 Å². The molecule has 1 saturated heterocycles. The molecule has 0 aliphatic carbocycles. The van der Waals surface area contributed by atoms with E-state index >= 15 is 0 Å². The van der Waals surface area contributed by atoms with E-state index in [9.17, 15) is 0 Å². The van der Waals surface area contributed by atoms with Crippen molar-refractivity contribution < 1.29 is 0 Å². The van der Waals surface area contributed by atoms with Crippen LogP contribution >= 0.6 is 0 Å². The minimum absolute atomic E-state index is 0.888. The van der Waals surface area contributed by atoms with Crippen molar-refractivity contribution >= 4 is 5.95 Å². The second kappa shape index (κ2) is 8.56. The molecule has 0 N–H and O–H groups in total. The van der Waals surface area contributed by atoms with Crippen LogP contribution in [0.25, 0.3) is 11.3 Å². The summed E-state index contributed by atoms with van der Waals surface area (Å²) >= 11 is 0. The maximum absolute atomic E-state index is 4.85. The molecule has 0 saturated carbocycles. The number of aryl methyl sites for hydroxylation is 1. The van der Waals surface area contributed by atoms with Crippen molar-refractivity contribution in [3.8, 4) is 11.3 Å². The van der Waals surface area contributed by atoms with E-state index in [1.54, 1.807) is 0 Å². The van der Waals surface area contributed by atoms with Gasteiger partial charge in [0.2, 0.25) is 5.95 Å². The minimum atomic E-state index is 0.888. The van der Waals surface area contributed by atoms with Gasteiger partial charge in [-0.05, 0) is 25.7 Å². The second-order valence-electron chi connectivity index (χ2n) is 8.48. The number of hydrogen-bond acceptors (Lipinski definition) is 5. The molecule has 6 heteroatoms. The molecule has 2 aliphatic heterocycles. The third kappa shape index (κ3) is 3.97. The van der Waals surface area contributed by atoms with Crippen molar-refractivity contribution in [2.75, 3.05) is 31.1 Å². The highest BCUT2D eigenvalue weighted by Gasteiger charge is 2.22. The summed E-state index contributed by atoms with van der Waals surface area (Å²) in [7, 11) is 2.07. The first kappa shape index (κ1) is 19.2. The Kier molecular flexibility index (Phi) is 5.49. The Morgan fingerprint density at radius 2 is 1.60 bits per heavy atom. The van der Waals surface area contributed by atoms with Crippen molar-refractivity contribution in [3.63, 3.8) is 0 Å². The number of aromatic nitrogens is 4. The highest BCUT2D eigenvalue weighted by molar-refractivity contribution is 5.65. The van der Waals surface area contributed by atoms with Gasteiger partial charge in [-0.3, -0.25) is 9.58 Å². The zero-order chi connectivity index (χ0) is 20.3. The van der Waals surface area contributed by atoms with Gasteiger partial charge in [-0.2, -0.15) is 5.10 Å². The smallest absolute Gasteiger partial charge is 0.225 e. The van der Waals surface area contributed by atoms with E-state index in [2.05, 4.69) is 61.8 Å². The summed E-state index contributed by atoms with van der Waals surface area (Å²) in [5, 5.41) is 4.85. The normalized spacial score (nSPS) is 17.6. The molecule has 1 fully saturated rings. The molecular formula is C24H30N6. The van der Waals surface area contributed by atoms with E-state index in [0.29, 0.717) is 0 Å². The van der Waals surface area contributed by atoms with Crippen LogP contribution in [0.15, 0.2) is 42.7 Å². The van der Waals surface area contributed by atoms with Gasteiger partial charge in [0.25, 0.3) is 0 Å². The average molecular weight is 403 g/mol. The van der Waals surface area contributed by atoms with Gasteiger partial charge in [-0.25, -0.2) is 9.97 Å². The predicted octanol–water partition coefficient (Wildman–Crippen LogP) is 3.47. The summed E-state index contributed by atoms with van der Waals surface area (Å²) in [5.41, 5.74) is 6.36. The first-order valence-corrected chi connectivity index (χ1v) is 11.2. The Balaban J connectivity index is 1.26. The highest BCUT2D eigenvalue weighted by Crippen LogP contribution is 2.28. The summed E-state index contributed by atoms with van der Waals surface area (Å²) < 4.78 is 2.06. The molecule has 0 amide bonds. The third-order valence-electron chi connectivity index (χ3n) is 6.36. The standard InChI is InChI=1S/C24H30N6/c1-28-23(20-8-4-2-5-9-20)21-10-14-29(15-11-22(21)27-28)18-19-16-25-24(26-17-19)30-12-6-3-7-13-30/h2,4-5,8-9,16-17H,3,6-7,10-15,18H2,1H3. The number of hydrogen-bond donors (Lipinski definition) is 0. The fourth-order valence-corrected chi connectivity index (χ4v) is 4.79. The molecule has 0 spiro atoms. The lowest BCUT2D eigenvalue weighted by molar-refractivity contribution is 0.277. The average Bonchev–Trinajstić information content (AvgIpc) is 3.00. The van der Waals surface area contributed by atoms with E-state index in [4.69, 9.17) is 5.10 Å². The fraction of sp³-hybridized carbons (Fsp3) is 0.458. The maximum Gasteiger partial charge on any atom is 0.225 e. The Morgan fingerprint density at radius 3 is 2.37 bits per heavy atom. The lowest BCUT2D eigenvalue weighted by Crippen LogP contribution is -2.31. The highest BCUT2D eigenvalue weighted by atomic mass is 15.3. The Bertz CT molecular complexity index is 973. The van der Waals surface area contributed by atoms with Crippen molar-refractivity contribution in [1.82, 2.24) is 24.6 Å². The van der Waals surface area contributed by atoms with Crippen LogP contribution in [0.2, 0.25) is 0 Å². The Labute approximate surface area is 178 Å². The van der Waals surface area contributed by atoms with Crippen LogP contribution < -0.4 is 4.90 Å². The lowest BCUT2D eigenvalue weighted by Gasteiger charge is -2.26. The van der Waals surface area contributed by atoms with Gasteiger partial charge < -0.3 is 4.90 Å². The largest absolute Gasteiger partial charge is 0.341 e. The van der Waals surface area contributed by atoms with Crippen molar-refractivity contribution in [3.05, 3.63) is 59.5 Å². The van der Waals surface area contributed by atoms with Crippen LogP contribution in [0.1, 0.15) is 36.1 Å². The molecule has 6 nitrogen and oxygen atoms in total. The van der Waals surface area contributed by atoms with Crippen LogP contribution in [0.5, 0.6) is 0 Å². The van der Waals surface area contributed by atoms with E-state index in [1.807, 2.05) is 12.4 Å². The van der Waals surface area contributed by atoms with Gasteiger partial charge in [0, 0.05) is 75.3 Å². The number of rotatable bonds is 4. The first-order chi connectivity index (χ1) is 14.8. The fourth-order valence-electron chi connectivity index (χ4n) is 4.79. The van der Waals surface area contributed by atoms with Gasteiger partial charge >= 0.3 is 0 Å². The number of nitrogens with zero attached hydrogens (tertiary/aromatic N) is 6. The monoisotopic (exact) mass is 402 g/mol. The van der Waals surface area contributed by atoms with E-state index < -0.39 is 0 Å². The zero-order valence-electron chi connectivity index (χ0n) is 17.8. The molecule has 0 bridgehead atoms. The first-order valence-electron chi connectivity index (χ1n) is 11.2. The number of fused-ring (bicyclic) bond motifs is 1. The van der Waals surface area contributed by atoms with Crippen LogP contribution in [0.4, 0.5) is 5.95 Å². The van der Waals surface area contributed by atoms with Crippen molar-refractivity contribution in [2.24, 2.45) is 7.05 Å². The number of anilines is 1. The lowest BCUT2D eigenvalue weighted by atomic mass is 10.0. The SMILES string of the molecule is Cn1nc2c(c1-c1ccccc1)CCN(Cc1cnc(N3CCCCC3)nc1)CC2.